The normalized spacial score (nSPS) is 18.7. The Hall–Kier alpha value is -1.32. The van der Waals surface area contributed by atoms with E-state index < -0.39 is 0 Å². The van der Waals surface area contributed by atoms with Crippen molar-refractivity contribution in [2.45, 2.75) is 32.4 Å². The fraction of sp³-hybridized carbons (Fsp3) is 0.294. The van der Waals surface area contributed by atoms with Crippen LogP contribution in [0, 0.1) is 0 Å². The summed E-state index contributed by atoms with van der Waals surface area (Å²) in [6.07, 6.45) is 0. The highest BCUT2D eigenvalue weighted by Gasteiger charge is 2.40. The third-order valence-electron chi connectivity index (χ3n) is 3.51. The predicted octanol–water partition coefficient (Wildman–Crippen LogP) is 4.95. The van der Waals surface area contributed by atoms with Gasteiger partial charge in [-0.2, -0.15) is 0 Å². The number of rotatable bonds is 1. The summed E-state index contributed by atoms with van der Waals surface area (Å²) in [6, 6.07) is 16.7. The van der Waals surface area contributed by atoms with E-state index in [0.29, 0.717) is 0 Å². The van der Waals surface area contributed by atoms with E-state index in [9.17, 15) is 0 Å². The Labute approximate surface area is 128 Å². The summed E-state index contributed by atoms with van der Waals surface area (Å²) < 4.78 is 1.11. The highest BCUT2D eigenvalue weighted by atomic mass is 79.9. The zero-order valence-corrected chi connectivity index (χ0v) is 13.5. The molecule has 1 aliphatic rings. The number of benzene rings is 2. The molecule has 3 heteroatoms. The lowest BCUT2D eigenvalue weighted by Gasteiger charge is -2.35. The molecule has 0 N–H and O–H groups in total. The summed E-state index contributed by atoms with van der Waals surface area (Å²) in [5.74, 6) is 0.947. The van der Waals surface area contributed by atoms with Crippen molar-refractivity contribution in [3.05, 3.63) is 64.1 Å². The van der Waals surface area contributed by atoms with Gasteiger partial charge in [0.2, 0.25) is 0 Å². The van der Waals surface area contributed by atoms with Crippen LogP contribution in [0.25, 0.3) is 0 Å². The average molecular weight is 332 g/mol. The lowest BCUT2D eigenvalue weighted by atomic mass is 9.95. The fourth-order valence-electron chi connectivity index (χ4n) is 2.59. The molecule has 0 aromatic heterocycles. The quantitative estimate of drug-likeness (QED) is 0.733. The van der Waals surface area contributed by atoms with Gasteiger partial charge in [0, 0.05) is 15.6 Å². The molecule has 1 aliphatic heterocycles. The standard InChI is InChI=1S/C17H18BrNO/c1-17(2,3)19-16(12-8-4-6-10-14(12)18)13-9-5-7-11-15(13)20-19/h4-11,16H,1-3H3. The summed E-state index contributed by atoms with van der Waals surface area (Å²) in [7, 11) is 0. The Morgan fingerprint density at radius 3 is 2.20 bits per heavy atom. The second-order valence-corrected chi connectivity index (χ2v) is 6.90. The van der Waals surface area contributed by atoms with Gasteiger partial charge in [0.25, 0.3) is 0 Å². The minimum absolute atomic E-state index is 0.0844. The third-order valence-corrected chi connectivity index (χ3v) is 4.23. The second-order valence-electron chi connectivity index (χ2n) is 6.05. The molecule has 1 unspecified atom stereocenters. The van der Waals surface area contributed by atoms with Crippen molar-refractivity contribution in [3.8, 4) is 5.75 Å². The molecule has 104 valence electrons. The van der Waals surface area contributed by atoms with Crippen LogP contribution in [0.4, 0.5) is 0 Å². The van der Waals surface area contributed by atoms with Gasteiger partial charge in [-0.25, -0.2) is 0 Å². The molecule has 2 nitrogen and oxygen atoms in total. The van der Waals surface area contributed by atoms with Crippen LogP contribution in [-0.2, 0) is 0 Å². The average Bonchev–Trinajstić information content (AvgIpc) is 2.79. The molecule has 3 rings (SSSR count). The zero-order chi connectivity index (χ0) is 14.3. The Balaban J connectivity index is 2.16. The first-order chi connectivity index (χ1) is 9.48. The smallest absolute Gasteiger partial charge is 0.152 e. The SMILES string of the molecule is CC(C)(C)N1Oc2ccccc2C1c1ccccc1Br. The van der Waals surface area contributed by atoms with Gasteiger partial charge in [-0.05, 0) is 38.5 Å². The third kappa shape index (κ3) is 2.25. The lowest BCUT2D eigenvalue weighted by molar-refractivity contribution is -0.129. The van der Waals surface area contributed by atoms with Crippen LogP contribution in [0.5, 0.6) is 5.75 Å². The highest BCUT2D eigenvalue weighted by Crippen LogP contribution is 2.46. The van der Waals surface area contributed by atoms with Gasteiger partial charge in [-0.1, -0.05) is 52.3 Å². The largest absolute Gasteiger partial charge is 0.404 e. The maximum absolute atomic E-state index is 6.11. The summed E-state index contributed by atoms with van der Waals surface area (Å²) in [6.45, 7) is 6.51. The maximum atomic E-state index is 6.11. The first-order valence-electron chi connectivity index (χ1n) is 6.79. The molecular formula is C17H18BrNO. The van der Waals surface area contributed by atoms with Gasteiger partial charge >= 0.3 is 0 Å². The monoisotopic (exact) mass is 331 g/mol. The molecule has 0 aliphatic carbocycles. The number of halogens is 1. The molecule has 0 bridgehead atoms. The number of fused-ring (bicyclic) bond motifs is 1. The Morgan fingerprint density at radius 1 is 0.950 bits per heavy atom. The van der Waals surface area contributed by atoms with E-state index >= 15 is 0 Å². The van der Waals surface area contributed by atoms with Crippen molar-refractivity contribution in [2.75, 3.05) is 0 Å². The van der Waals surface area contributed by atoms with E-state index in [1.165, 1.54) is 11.1 Å². The number of hydrogen-bond donors (Lipinski definition) is 0. The van der Waals surface area contributed by atoms with Gasteiger partial charge in [0.15, 0.2) is 5.75 Å². The number of hydroxylamine groups is 2. The molecule has 0 saturated carbocycles. The van der Waals surface area contributed by atoms with Crippen LogP contribution >= 0.6 is 15.9 Å². The summed E-state index contributed by atoms with van der Waals surface area (Å²) >= 11 is 3.67. The Morgan fingerprint density at radius 2 is 1.55 bits per heavy atom. The van der Waals surface area contributed by atoms with E-state index in [1.54, 1.807) is 0 Å². The fourth-order valence-corrected chi connectivity index (χ4v) is 3.09. The molecule has 20 heavy (non-hydrogen) atoms. The highest BCUT2D eigenvalue weighted by molar-refractivity contribution is 9.10. The minimum atomic E-state index is -0.0844. The molecule has 0 saturated heterocycles. The Bertz CT molecular complexity index is 633. The van der Waals surface area contributed by atoms with E-state index in [4.69, 9.17) is 4.84 Å². The van der Waals surface area contributed by atoms with E-state index in [1.807, 2.05) is 18.2 Å². The number of para-hydroxylation sites is 1. The molecule has 2 aromatic carbocycles. The van der Waals surface area contributed by atoms with Gasteiger partial charge in [-0.15, -0.1) is 5.06 Å². The minimum Gasteiger partial charge on any atom is -0.404 e. The molecule has 2 aromatic rings. The molecule has 0 fully saturated rings. The summed E-state index contributed by atoms with van der Waals surface area (Å²) in [5.41, 5.74) is 2.36. The van der Waals surface area contributed by atoms with Crippen molar-refractivity contribution >= 4 is 15.9 Å². The van der Waals surface area contributed by atoms with Crippen LogP contribution in [0.3, 0.4) is 0 Å². The Kier molecular flexibility index (Phi) is 3.35. The topological polar surface area (TPSA) is 12.5 Å². The van der Waals surface area contributed by atoms with Gasteiger partial charge in [0.05, 0.1) is 0 Å². The molecule has 1 heterocycles. The number of hydrogen-bond acceptors (Lipinski definition) is 2. The van der Waals surface area contributed by atoms with Crippen LogP contribution in [-0.4, -0.2) is 10.6 Å². The zero-order valence-electron chi connectivity index (χ0n) is 11.9. The van der Waals surface area contributed by atoms with Crippen molar-refractivity contribution in [3.63, 3.8) is 0 Å². The van der Waals surface area contributed by atoms with Crippen LogP contribution < -0.4 is 4.84 Å². The van der Waals surface area contributed by atoms with Crippen molar-refractivity contribution in [1.82, 2.24) is 5.06 Å². The molecule has 0 radical (unpaired) electrons. The van der Waals surface area contributed by atoms with Crippen molar-refractivity contribution in [1.29, 1.82) is 0 Å². The first kappa shape index (κ1) is 13.7. The predicted molar refractivity (Wildman–Crippen MR) is 84.6 cm³/mol. The van der Waals surface area contributed by atoms with E-state index in [0.717, 1.165) is 10.2 Å². The molecule has 0 spiro atoms. The van der Waals surface area contributed by atoms with Crippen molar-refractivity contribution < 1.29 is 4.84 Å². The van der Waals surface area contributed by atoms with Gasteiger partial charge < -0.3 is 4.84 Å². The van der Waals surface area contributed by atoms with Gasteiger partial charge in [0.1, 0.15) is 6.04 Å². The van der Waals surface area contributed by atoms with Crippen molar-refractivity contribution in [2.24, 2.45) is 0 Å². The van der Waals surface area contributed by atoms with E-state index in [2.05, 4.69) is 72.1 Å². The van der Waals surface area contributed by atoms with E-state index in [-0.39, 0.29) is 11.6 Å². The number of nitrogens with zero attached hydrogens (tertiary/aromatic N) is 1. The molecular weight excluding hydrogens is 314 g/mol. The van der Waals surface area contributed by atoms with Crippen LogP contribution in [0.2, 0.25) is 0 Å². The van der Waals surface area contributed by atoms with Gasteiger partial charge in [-0.3, -0.25) is 0 Å². The van der Waals surface area contributed by atoms with Crippen LogP contribution in [0.1, 0.15) is 37.9 Å². The maximum Gasteiger partial charge on any atom is 0.152 e. The summed E-state index contributed by atoms with van der Waals surface area (Å²) in [5, 5.41) is 2.08. The molecule has 1 atom stereocenters. The lowest BCUT2D eigenvalue weighted by Crippen LogP contribution is -2.43. The van der Waals surface area contributed by atoms with Crippen LogP contribution in [0.15, 0.2) is 53.0 Å². The second kappa shape index (κ2) is 4.90. The first-order valence-corrected chi connectivity index (χ1v) is 7.58. The summed E-state index contributed by atoms with van der Waals surface area (Å²) in [4.78, 5) is 6.11. The molecule has 0 amide bonds.